The zero-order valence-corrected chi connectivity index (χ0v) is 12.9. The molecule has 0 spiro atoms. The first-order chi connectivity index (χ1) is 11.1. The van der Waals surface area contributed by atoms with E-state index >= 15 is 0 Å². The van der Waals surface area contributed by atoms with Gasteiger partial charge in [-0.25, -0.2) is 0 Å². The van der Waals surface area contributed by atoms with E-state index in [2.05, 4.69) is 0 Å². The van der Waals surface area contributed by atoms with E-state index in [-0.39, 0.29) is 37.5 Å². The predicted molar refractivity (Wildman–Crippen MR) is 80.1 cm³/mol. The Morgan fingerprint density at radius 3 is 2.00 bits per heavy atom. The number of nitrogens with zero attached hydrogens (tertiary/aromatic N) is 1. The van der Waals surface area contributed by atoms with Crippen LogP contribution in [0.3, 0.4) is 0 Å². The summed E-state index contributed by atoms with van der Waals surface area (Å²) in [5.74, 6) is -0.913. The molecule has 0 aliphatic carbocycles. The molecule has 7 nitrogen and oxygen atoms in total. The molecule has 0 radical (unpaired) electrons. The van der Waals surface area contributed by atoms with E-state index in [1.807, 2.05) is 0 Å². The second-order valence-electron chi connectivity index (χ2n) is 4.87. The summed E-state index contributed by atoms with van der Waals surface area (Å²) in [5, 5.41) is 0. The van der Waals surface area contributed by atoms with Crippen LogP contribution in [-0.2, 0) is 19.0 Å². The van der Waals surface area contributed by atoms with Gasteiger partial charge in [0.05, 0.1) is 44.1 Å². The average Bonchev–Trinajstić information content (AvgIpc) is 2.78. The molecular weight excluding hydrogens is 302 g/mol. The Bertz CT molecular complexity index is 551. The van der Waals surface area contributed by atoms with Crippen molar-refractivity contribution >= 4 is 17.8 Å². The minimum atomic E-state index is -0.342. The van der Waals surface area contributed by atoms with Crippen LogP contribution in [-0.4, -0.2) is 62.3 Å². The van der Waals surface area contributed by atoms with Gasteiger partial charge in [-0.2, -0.15) is 0 Å². The van der Waals surface area contributed by atoms with Crippen molar-refractivity contribution in [1.82, 2.24) is 4.90 Å². The van der Waals surface area contributed by atoms with Gasteiger partial charge in [-0.3, -0.25) is 19.3 Å². The third-order valence-corrected chi connectivity index (χ3v) is 3.24. The van der Waals surface area contributed by atoms with Gasteiger partial charge in [0.25, 0.3) is 11.8 Å². The number of carbonyl (C=O) groups excluding carboxylic acids is 3. The SMILES string of the molecule is CC(=O)OCCOCCOCCN1C(=O)c2ccccc2C1=O. The minimum absolute atomic E-state index is 0.208. The summed E-state index contributed by atoms with van der Waals surface area (Å²) < 4.78 is 15.2. The monoisotopic (exact) mass is 321 g/mol. The second kappa shape index (κ2) is 8.40. The molecule has 7 heteroatoms. The largest absolute Gasteiger partial charge is 0.463 e. The van der Waals surface area contributed by atoms with Crippen molar-refractivity contribution in [2.24, 2.45) is 0 Å². The Morgan fingerprint density at radius 2 is 1.43 bits per heavy atom. The van der Waals surface area contributed by atoms with Gasteiger partial charge >= 0.3 is 5.97 Å². The lowest BCUT2D eigenvalue weighted by Gasteiger charge is -2.13. The molecule has 1 aliphatic heterocycles. The molecule has 1 aliphatic rings. The molecular formula is C16H19NO6. The van der Waals surface area contributed by atoms with Gasteiger partial charge < -0.3 is 14.2 Å². The van der Waals surface area contributed by atoms with Crippen LogP contribution < -0.4 is 0 Å². The Kier molecular flexibility index (Phi) is 6.25. The smallest absolute Gasteiger partial charge is 0.302 e. The molecule has 0 unspecified atom stereocenters. The van der Waals surface area contributed by atoms with Crippen LogP contribution in [0.15, 0.2) is 24.3 Å². The second-order valence-corrected chi connectivity index (χ2v) is 4.87. The predicted octanol–water partition coefficient (Wildman–Crippen LogP) is 0.879. The number of esters is 1. The van der Waals surface area contributed by atoms with Crippen molar-refractivity contribution < 1.29 is 28.6 Å². The highest BCUT2D eigenvalue weighted by Gasteiger charge is 2.34. The number of carbonyl (C=O) groups is 3. The van der Waals surface area contributed by atoms with Crippen LogP contribution in [0.1, 0.15) is 27.6 Å². The number of imide groups is 1. The first kappa shape index (κ1) is 17.1. The summed E-state index contributed by atoms with van der Waals surface area (Å²) in [5.41, 5.74) is 0.873. The Balaban J connectivity index is 1.60. The number of hydrogen-bond acceptors (Lipinski definition) is 6. The molecule has 2 rings (SSSR count). The molecule has 0 saturated heterocycles. The highest BCUT2D eigenvalue weighted by Crippen LogP contribution is 2.21. The van der Waals surface area contributed by atoms with Crippen LogP contribution >= 0.6 is 0 Å². The van der Waals surface area contributed by atoms with Crippen molar-refractivity contribution in [2.45, 2.75) is 6.92 Å². The summed E-state index contributed by atoms with van der Waals surface area (Å²) in [4.78, 5) is 35.9. The molecule has 0 bridgehead atoms. The first-order valence-corrected chi connectivity index (χ1v) is 7.35. The maximum absolute atomic E-state index is 12.1. The molecule has 1 aromatic rings. The van der Waals surface area contributed by atoms with Crippen LogP contribution in [0, 0.1) is 0 Å². The van der Waals surface area contributed by atoms with E-state index in [0.29, 0.717) is 30.9 Å². The lowest BCUT2D eigenvalue weighted by molar-refractivity contribution is -0.142. The quantitative estimate of drug-likeness (QED) is 0.381. The van der Waals surface area contributed by atoms with Crippen molar-refractivity contribution in [3.63, 3.8) is 0 Å². The normalized spacial score (nSPS) is 13.3. The maximum Gasteiger partial charge on any atom is 0.302 e. The van der Waals surface area contributed by atoms with Gasteiger partial charge in [0.15, 0.2) is 0 Å². The van der Waals surface area contributed by atoms with Crippen molar-refractivity contribution in [1.29, 1.82) is 0 Å². The average molecular weight is 321 g/mol. The van der Waals surface area contributed by atoms with Crippen LogP contribution in [0.2, 0.25) is 0 Å². The number of rotatable bonds is 9. The molecule has 1 aromatic carbocycles. The number of fused-ring (bicyclic) bond motifs is 1. The van der Waals surface area contributed by atoms with E-state index < -0.39 is 0 Å². The standard InChI is InChI=1S/C16H19NO6/c1-12(18)23-11-10-22-9-8-21-7-6-17-15(19)13-4-2-3-5-14(13)16(17)20/h2-5H,6-11H2,1H3. The topological polar surface area (TPSA) is 82.1 Å². The van der Waals surface area contributed by atoms with E-state index in [4.69, 9.17) is 14.2 Å². The van der Waals surface area contributed by atoms with E-state index in [1.54, 1.807) is 24.3 Å². The summed E-state index contributed by atoms with van der Waals surface area (Å²) in [7, 11) is 0. The van der Waals surface area contributed by atoms with E-state index in [1.165, 1.54) is 11.8 Å². The molecule has 0 fully saturated rings. The Hall–Kier alpha value is -2.25. The summed E-state index contributed by atoms with van der Waals surface area (Å²) >= 11 is 0. The van der Waals surface area contributed by atoms with Crippen LogP contribution in [0.25, 0.3) is 0 Å². The first-order valence-electron chi connectivity index (χ1n) is 7.35. The highest BCUT2D eigenvalue weighted by molar-refractivity contribution is 6.21. The molecule has 124 valence electrons. The summed E-state index contributed by atoms with van der Waals surface area (Å²) in [6.07, 6.45) is 0. The van der Waals surface area contributed by atoms with E-state index in [0.717, 1.165) is 0 Å². The highest BCUT2D eigenvalue weighted by atomic mass is 16.6. The Labute approximate surface area is 134 Å². The molecule has 1 heterocycles. The fourth-order valence-electron chi connectivity index (χ4n) is 2.16. The Morgan fingerprint density at radius 1 is 0.913 bits per heavy atom. The maximum atomic E-state index is 12.1. The molecule has 23 heavy (non-hydrogen) atoms. The number of hydrogen-bond donors (Lipinski definition) is 0. The molecule has 0 N–H and O–H groups in total. The lowest BCUT2D eigenvalue weighted by atomic mass is 10.1. The van der Waals surface area contributed by atoms with E-state index in [9.17, 15) is 14.4 Å². The molecule has 2 amide bonds. The van der Waals surface area contributed by atoms with Crippen molar-refractivity contribution in [2.75, 3.05) is 39.6 Å². The van der Waals surface area contributed by atoms with Crippen LogP contribution in [0.4, 0.5) is 0 Å². The zero-order valence-electron chi connectivity index (χ0n) is 12.9. The minimum Gasteiger partial charge on any atom is -0.463 e. The van der Waals surface area contributed by atoms with Crippen molar-refractivity contribution in [3.05, 3.63) is 35.4 Å². The third-order valence-electron chi connectivity index (χ3n) is 3.24. The van der Waals surface area contributed by atoms with Crippen molar-refractivity contribution in [3.8, 4) is 0 Å². The van der Waals surface area contributed by atoms with Gasteiger partial charge in [-0.15, -0.1) is 0 Å². The lowest BCUT2D eigenvalue weighted by Crippen LogP contribution is -2.33. The molecule has 0 aromatic heterocycles. The third kappa shape index (κ3) is 4.61. The van der Waals surface area contributed by atoms with Gasteiger partial charge in [0.2, 0.25) is 0 Å². The summed E-state index contributed by atoms with van der Waals surface area (Å²) in [6, 6.07) is 6.76. The number of ether oxygens (including phenoxy) is 3. The number of benzene rings is 1. The van der Waals surface area contributed by atoms with Gasteiger partial charge in [0, 0.05) is 6.92 Å². The van der Waals surface area contributed by atoms with Gasteiger partial charge in [0.1, 0.15) is 6.61 Å². The fourth-order valence-corrected chi connectivity index (χ4v) is 2.16. The van der Waals surface area contributed by atoms with Gasteiger partial charge in [-0.05, 0) is 12.1 Å². The molecule has 0 atom stereocenters. The summed E-state index contributed by atoms with van der Waals surface area (Å²) in [6.45, 7) is 3.00. The number of amides is 2. The zero-order chi connectivity index (χ0) is 16.7. The molecule has 0 saturated carbocycles. The fraction of sp³-hybridized carbons (Fsp3) is 0.438. The van der Waals surface area contributed by atoms with Crippen LogP contribution in [0.5, 0.6) is 0 Å². The van der Waals surface area contributed by atoms with Gasteiger partial charge in [-0.1, -0.05) is 12.1 Å².